The van der Waals surface area contributed by atoms with Crippen LogP contribution in [-0.4, -0.2) is 12.5 Å². The van der Waals surface area contributed by atoms with Crippen molar-refractivity contribution in [1.82, 2.24) is 0 Å². The average Bonchev–Trinajstić information content (AvgIpc) is 2.49. The zero-order valence-electron chi connectivity index (χ0n) is 11.3. The molecule has 0 spiro atoms. The van der Waals surface area contributed by atoms with Gasteiger partial charge in [0.15, 0.2) is 0 Å². The molecular weight excluding hydrogens is 248 g/mol. The molecule has 0 fully saturated rings. The molecule has 0 heterocycles. The summed E-state index contributed by atoms with van der Waals surface area (Å²) in [7, 11) is 0. The maximum absolute atomic E-state index is 12.1. The summed E-state index contributed by atoms with van der Waals surface area (Å²) >= 11 is 0. The fourth-order valence-corrected chi connectivity index (χ4v) is 1.77. The fraction of sp³-hybridized carbons (Fsp3) is 0.118. The molecule has 2 aromatic carbocycles. The summed E-state index contributed by atoms with van der Waals surface area (Å²) in [6, 6.07) is 14.8. The van der Waals surface area contributed by atoms with Gasteiger partial charge in [0.1, 0.15) is 0 Å². The van der Waals surface area contributed by atoms with Crippen molar-refractivity contribution in [2.75, 3.05) is 11.9 Å². The second-order valence-electron chi connectivity index (χ2n) is 4.36. The minimum atomic E-state index is -0.127. The van der Waals surface area contributed by atoms with E-state index in [1.54, 1.807) is 12.1 Å². The van der Waals surface area contributed by atoms with Gasteiger partial charge in [-0.05, 0) is 36.8 Å². The van der Waals surface area contributed by atoms with Crippen molar-refractivity contribution in [2.24, 2.45) is 5.73 Å². The fourth-order valence-electron chi connectivity index (χ4n) is 1.77. The normalized spacial score (nSPS) is 9.50. The Balaban J connectivity index is 2.22. The quantitative estimate of drug-likeness (QED) is 0.819. The lowest BCUT2D eigenvalue weighted by atomic mass is 10.1. The van der Waals surface area contributed by atoms with Gasteiger partial charge in [-0.2, -0.15) is 0 Å². The van der Waals surface area contributed by atoms with Crippen molar-refractivity contribution >= 4 is 11.6 Å². The number of hydrogen-bond acceptors (Lipinski definition) is 2. The predicted octanol–water partition coefficient (Wildman–Crippen LogP) is 2.56. The Morgan fingerprint density at radius 3 is 2.65 bits per heavy atom. The number of nitrogens with two attached hydrogens (primary N) is 1. The minimum Gasteiger partial charge on any atom is -0.322 e. The van der Waals surface area contributed by atoms with Crippen LogP contribution in [0.2, 0.25) is 0 Å². The van der Waals surface area contributed by atoms with Crippen molar-refractivity contribution in [3.8, 4) is 11.8 Å². The largest absolute Gasteiger partial charge is 0.322 e. The van der Waals surface area contributed by atoms with Crippen LogP contribution >= 0.6 is 0 Å². The molecule has 20 heavy (non-hydrogen) atoms. The molecule has 0 aromatic heterocycles. The Labute approximate surface area is 118 Å². The van der Waals surface area contributed by atoms with E-state index in [1.807, 2.05) is 43.3 Å². The van der Waals surface area contributed by atoms with Crippen LogP contribution in [0, 0.1) is 18.8 Å². The zero-order valence-corrected chi connectivity index (χ0v) is 11.3. The smallest absolute Gasteiger partial charge is 0.255 e. The standard InChI is InChI=1S/C17H16N2O/c1-13-9-10-14(6-5-11-18)12-16(13)19-17(20)15-7-3-2-4-8-15/h2-4,7-10,12H,11,18H2,1H3,(H,19,20). The Kier molecular flexibility index (Phi) is 4.54. The van der Waals surface area contributed by atoms with Crippen LogP contribution in [0.3, 0.4) is 0 Å². The van der Waals surface area contributed by atoms with Gasteiger partial charge in [0.2, 0.25) is 0 Å². The molecule has 0 radical (unpaired) electrons. The van der Waals surface area contributed by atoms with Crippen LogP contribution in [0.4, 0.5) is 5.69 Å². The van der Waals surface area contributed by atoms with E-state index in [9.17, 15) is 4.79 Å². The molecule has 0 atom stereocenters. The van der Waals surface area contributed by atoms with Gasteiger partial charge in [-0.15, -0.1) is 0 Å². The van der Waals surface area contributed by atoms with Crippen molar-refractivity contribution in [1.29, 1.82) is 0 Å². The Morgan fingerprint density at radius 1 is 1.20 bits per heavy atom. The van der Waals surface area contributed by atoms with E-state index in [0.717, 1.165) is 16.8 Å². The molecule has 2 aromatic rings. The minimum absolute atomic E-state index is 0.127. The number of carbonyl (C=O) groups is 1. The van der Waals surface area contributed by atoms with Gasteiger partial charge in [0.05, 0.1) is 6.54 Å². The molecule has 0 bridgehead atoms. The number of benzene rings is 2. The van der Waals surface area contributed by atoms with Crippen LogP contribution in [0.5, 0.6) is 0 Å². The SMILES string of the molecule is Cc1ccc(C#CCN)cc1NC(=O)c1ccccc1. The van der Waals surface area contributed by atoms with Crippen LogP contribution in [0.25, 0.3) is 0 Å². The van der Waals surface area contributed by atoms with E-state index in [0.29, 0.717) is 12.1 Å². The zero-order chi connectivity index (χ0) is 14.4. The molecule has 0 aliphatic heterocycles. The molecular formula is C17H16N2O. The topological polar surface area (TPSA) is 55.1 Å². The number of aryl methyl sites for hydroxylation is 1. The third-order valence-corrected chi connectivity index (χ3v) is 2.86. The maximum atomic E-state index is 12.1. The Hall–Kier alpha value is -2.57. The lowest BCUT2D eigenvalue weighted by molar-refractivity contribution is 0.102. The molecule has 1 amide bonds. The number of carbonyl (C=O) groups excluding carboxylic acids is 1. The third-order valence-electron chi connectivity index (χ3n) is 2.86. The molecule has 0 unspecified atom stereocenters. The first-order chi connectivity index (χ1) is 9.70. The van der Waals surface area contributed by atoms with E-state index in [4.69, 9.17) is 5.73 Å². The van der Waals surface area contributed by atoms with Crippen molar-refractivity contribution < 1.29 is 4.79 Å². The summed E-state index contributed by atoms with van der Waals surface area (Å²) in [5.41, 5.74) is 8.58. The van der Waals surface area contributed by atoms with E-state index >= 15 is 0 Å². The molecule has 3 N–H and O–H groups in total. The maximum Gasteiger partial charge on any atom is 0.255 e. The second-order valence-corrected chi connectivity index (χ2v) is 4.36. The number of anilines is 1. The molecule has 3 nitrogen and oxygen atoms in total. The first kappa shape index (κ1) is 13.9. The van der Waals surface area contributed by atoms with Gasteiger partial charge in [-0.25, -0.2) is 0 Å². The summed E-state index contributed by atoms with van der Waals surface area (Å²) in [5, 5.41) is 2.91. The highest BCUT2D eigenvalue weighted by molar-refractivity contribution is 6.04. The van der Waals surface area contributed by atoms with Gasteiger partial charge in [0.25, 0.3) is 5.91 Å². The Morgan fingerprint density at radius 2 is 1.95 bits per heavy atom. The summed E-state index contributed by atoms with van der Waals surface area (Å²) in [6.07, 6.45) is 0. The average molecular weight is 264 g/mol. The lowest BCUT2D eigenvalue weighted by Gasteiger charge is -2.09. The molecule has 0 aliphatic rings. The number of hydrogen-bond donors (Lipinski definition) is 2. The number of nitrogens with one attached hydrogen (secondary N) is 1. The molecule has 0 saturated carbocycles. The van der Waals surface area contributed by atoms with Crippen LogP contribution in [-0.2, 0) is 0 Å². The first-order valence-corrected chi connectivity index (χ1v) is 6.36. The summed E-state index contributed by atoms with van der Waals surface area (Å²) in [6.45, 7) is 2.26. The highest BCUT2D eigenvalue weighted by Crippen LogP contribution is 2.17. The monoisotopic (exact) mass is 264 g/mol. The third kappa shape index (κ3) is 3.47. The highest BCUT2D eigenvalue weighted by Gasteiger charge is 2.07. The van der Waals surface area contributed by atoms with E-state index in [1.165, 1.54) is 0 Å². The van der Waals surface area contributed by atoms with Crippen molar-refractivity contribution in [2.45, 2.75) is 6.92 Å². The van der Waals surface area contributed by atoms with Gasteiger partial charge in [0, 0.05) is 16.8 Å². The summed E-state index contributed by atoms with van der Waals surface area (Å²) in [5.74, 6) is 5.63. The van der Waals surface area contributed by atoms with Gasteiger partial charge < -0.3 is 11.1 Å². The van der Waals surface area contributed by atoms with E-state index in [-0.39, 0.29) is 5.91 Å². The Bertz CT molecular complexity index is 666. The predicted molar refractivity (Wildman–Crippen MR) is 81.5 cm³/mol. The summed E-state index contributed by atoms with van der Waals surface area (Å²) in [4.78, 5) is 12.1. The highest BCUT2D eigenvalue weighted by atomic mass is 16.1. The number of amides is 1. The van der Waals surface area contributed by atoms with E-state index in [2.05, 4.69) is 17.2 Å². The van der Waals surface area contributed by atoms with Crippen LogP contribution in [0.1, 0.15) is 21.5 Å². The van der Waals surface area contributed by atoms with Crippen molar-refractivity contribution in [3.63, 3.8) is 0 Å². The second kappa shape index (κ2) is 6.55. The molecule has 3 heteroatoms. The van der Waals surface area contributed by atoms with Crippen molar-refractivity contribution in [3.05, 3.63) is 65.2 Å². The van der Waals surface area contributed by atoms with Crippen LogP contribution in [0.15, 0.2) is 48.5 Å². The lowest BCUT2D eigenvalue weighted by Crippen LogP contribution is -2.12. The van der Waals surface area contributed by atoms with Crippen LogP contribution < -0.4 is 11.1 Å². The van der Waals surface area contributed by atoms with E-state index < -0.39 is 0 Å². The first-order valence-electron chi connectivity index (χ1n) is 6.36. The van der Waals surface area contributed by atoms with Gasteiger partial charge in [-0.3, -0.25) is 4.79 Å². The molecule has 0 saturated heterocycles. The summed E-state index contributed by atoms with van der Waals surface area (Å²) < 4.78 is 0. The number of rotatable bonds is 2. The molecule has 0 aliphatic carbocycles. The molecule has 100 valence electrons. The van der Waals surface area contributed by atoms with Gasteiger partial charge in [-0.1, -0.05) is 36.1 Å². The van der Waals surface area contributed by atoms with Gasteiger partial charge >= 0.3 is 0 Å². The molecule has 2 rings (SSSR count).